The van der Waals surface area contributed by atoms with Gasteiger partial charge in [-0.05, 0) is 31.9 Å². The van der Waals surface area contributed by atoms with E-state index in [0.29, 0.717) is 32.6 Å². The summed E-state index contributed by atoms with van der Waals surface area (Å²) in [6, 6.07) is 17.9. The molecule has 2 aromatic rings. The van der Waals surface area contributed by atoms with Gasteiger partial charge < -0.3 is 10.2 Å². The quantitative estimate of drug-likeness (QED) is 0.821. The van der Waals surface area contributed by atoms with E-state index in [9.17, 15) is 9.59 Å². The molecule has 1 N–H and O–H groups in total. The fourth-order valence-corrected chi connectivity index (χ4v) is 3.68. The van der Waals surface area contributed by atoms with Crippen LogP contribution in [-0.4, -0.2) is 53.8 Å². The number of nitrogens with zero attached hydrogens (tertiary/aromatic N) is 2. The zero-order chi connectivity index (χ0) is 20.8. The largest absolute Gasteiger partial charge is 0.348 e. The van der Waals surface area contributed by atoms with Crippen molar-refractivity contribution in [1.82, 2.24) is 15.1 Å². The van der Waals surface area contributed by atoms with Crippen LogP contribution in [-0.2, 0) is 16.0 Å². The number of benzene rings is 2. The monoisotopic (exact) mass is 393 g/mol. The summed E-state index contributed by atoms with van der Waals surface area (Å²) in [5, 5.41) is 3.10. The molecule has 1 fully saturated rings. The molecule has 0 aromatic heterocycles. The third kappa shape index (κ3) is 5.67. The average Bonchev–Trinajstić information content (AvgIpc) is 2.75. The fourth-order valence-electron chi connectivity index (χ4n) is 3.68. The van der Waals surface area contributed by atoms with Crippen molar-refractivity contribution in [2.75, 3.05) is 26.2 Å². The third-order valence-electron chi connectivity index (χ3n) is 5.73. The number of carbonyl (C=O) groups is 2. The lowest BCUT2D eigenvalue weighted by Gasteiger charge is -2.37. The summed E-state index contributed by atoms with van der Waals surface area (Å²) in [4.78, 5) is 29.3. The number of amides is 2. The van der Waals surface area contributed by atoms with E-state index in [1.54, 1.807) is 0 Å². The average molecular weight is 394 g/mol. The standard InChI is InChI=1S/C24H31N3O2/c1-18-9-11-21(12-10-18)17-23(28)27-15-13-26(14-16-27)20(3)24(29)25-19(2)22-7-5-4-6-8-22/h4-12,19-20H,13-17H2,1-3H3,(H,25,29). The Bertz CT molecular complexity index is 812. The van der Waals surface area contributed by atoms with Crippen molar-refractivity contribution in [2.45, 2.75) is 39.3 Å². The zero-order valence-corrected chi connectivity index (χ0v) is 17.6. The smallest absolute Gasteiger partial charge is 0.237 e. The van der Waals surface area contributed by atoms with Crippen molar-refractivity contribution in [1.29, 1.82) is 0 Å². The van der Waals surface area contributed by atoms with Gasteiger partial charge in [-0.1, -0.05) is 60.2 Å². The maximum Gasteiger partial charge on any atom is 0.237 e. The minimum Gasteiger partial charge on any atom is -0.348 e. The van der Waals surface area contributed by atoms with E-state index >= 15 is 0 Å². The van der Waals surface area contributed by atoms with E-state index in [-0.39, 0.29) is 23.9 Å². The SMILES string of the molecule is Cc1ccc(CC(=O)N2CCN(C(C)C(=O)NC(C)c3ccccc3)CC2)cc1. The van der Waals surface area contributed by atoms with Crippen LogP contribution < -0.4 is 5.32 Å². The van der Waals surface area contributed by atoms with Gasteiger partial charge in [0.15, 0.2) is 0 Å². The molecular weight excluding hydrogens is 362 g/mol. The molecule has 1 heterocycles. The molecule has 0 radical (unpaired) electrons. The zero-order valence-electron chi connectivity index (χ0n) is 17.6. The Balaban J connectivity index is 1.47. The molecule has 2 atom stereocenters. The molecule has 29 heavy (non-hydrogen) atoms. The van der Waals surface area contributed by atoms with Crippen LogP contribution in [0.25, 0.3) is 0 Å². The number of aryl methyl sites for hydroxylation is 1. The van der Waals surface area contributed by atoms with Crippen LogP contribution >= 0.6 is 0 Å². The molecule has 154 valence electrons. The molecule has 5 nitrogen and oxygen atoms in total. The van der Waals surface area contributed by atoms with Crippen molar-refractivity contribution in [2.24, 2.45) is 0 Å². The van der Waals surface area contributed by atoms with Crippen molar-refractivity contribution < 1.29 is 9.59 Å². The van der Waals surface area contributed by atoms with E-state index in [4.69, 9.17) is 0 Å². The van der Waals surface area contributed by atoms with Crippen molar-refractivity contribution >= 4 is 11.8 Å². The topological polar surface area (TPSA) is 52.7 Å². The number of hydrogen-bond acceptors (Lipinski definition) is 3. The first-order chi connectivity index (χ1) is 13.9. The highest BCUT2D eigenvalue weighted by molar-refractivity contribution is 5.82. The predicted molar refractivity (Wildman–Crippen MR) is 115 cm³/mol. The second kappa shape index (κ2) is 9.70. The van der Waals surface area contributed by atoms with Gasteiger partial charge in [0.2, 0.25) is 11.8 Å². The molecule has 0 aliphatic carbocycles. The van der Waals surface area contributed by atoms with Gasteiger partial charge in [-0.15, -0.1) is 0 Å². The Kier molecular flexibility index (Phi) is 7.04. The first-order valence-electron chi connectivity index (χ1n) is 10.4. The van der Waals surface area contributed by atoms with Gasteiger partial charge >= 0.3 is 0 Å². The van der Waals surface area contributed by atoms with Gasteiger partial charge in [0.1, 0.15) is 0 Å². The number of piperazine rings is 1. The second-order valence-corrected chi connectivity index (χ2v) is 7.90. The van der Waals surface area contributed by atoms with Crippen LogP contribution in [0.3, 0.4) is 0 Å². The highest BCUT2D eigenvalue weighted by atomic mass is 16.2. The molecule has 0 spiro atoms. The first kappa shape index (κ1) is 21.1. The Morgan fingerprint density at radius 3 is 2.17 bits per heavy atom. The molecule has 1 aliphatic rings. The number of hydrogen-bond donors (Lipinski definition) is 1. The van der Waals surface area contributed by atoms with Gasteiger partial charge in [-0.2, -0.15) is 0 Å². The van der Waals surface area contributed by atoms with Crippen molar-refractivity contribution in [3.05, 3.63) is 71.3 Å². The fraction of sp³-hybridized carbons (Fsp3) is 0.417. The third-order valence-corrected chi connectivity index (χ3v) is 5.73. The molecule has 2 unspecified atom stereocenters. The summed E-state index contributed by atoms with van der Waals surface area (Å²) in [5.74, 6) is 0.184. The predicted octanol–water partition coefficient (Wildman–Crippen LogP) is 2.95. The number of rotatable bonds is 6. The lowest BCUT2D eigenvalue weighted by molar-refractivity contribution is -0.133. The minimum atomic E-state index is -0.212. The van der Waals surface area contributed by atoms with Gasteiger partial charge in [0.05, 0.1) is 18.5 Å². The van der Waals surface area contributed by atoms with E-state index < -0.39 is 0 Å². The number of carbonyl (C=O) groups excluding carboxylic acids is 2. The van der Waals surface area contributed by atoms with Crippen LogP contribution in [0, 0.1) is 6.92 Å². The lowest BCUT2D eigenvalue weighted by Crippen LogP contribution is -2.55. The normalized spacial score (nSPS) is 16.9. The van der Waals surface area contributed by atoms with Crippen LogP contribution in [0.15, 0.2) is 54.6 Å². The molecule has 5 heteroatoms. The summed E-state index contributed by atoms with van der Waals surface area (Å²) in [7, 11) is 0. The Labute approximate surface area is 173 Å². The molecule has 0 bridgehead atoms. The molecule has 2 amide bonds. The van der Waals surface area contributed by atoms with Gasteiger partial charge in [0.25, 0.3) is 0 Å². The lowest BCUT2D eigenvalue weighted by atomic mass is 10.1. The minimum absolute atomic E-state index is 0.0245. The maximum absolute atomic E-state index is 12.7. The highest BCUT2D eigenvalue weighted by Gasteiger charge is 2.28. The molecule has 1 saturated heterocycles. The summed E-state index contributed by atoms with van der Waals surface area (Å²) in [6.07, 6.45) is 0.435. The van der Waals surface area contributed by atoms with E-state index in [1.165, 1.54) is 5.56 Å². The molecule has 3 rings (SSSR count). The van der Waals surface area contributed by atoms with Crippen LogP contribution in [0.5, 0.6) is 0 Å². The highest BCUT2D eigenvalue weighted by Crippen LogP contribution is 2.14. The van der Waals surface area contributed by atoms with Crippen molar-refractivity contribution in [3.63, 3.8) is 0 Å². The van der Waals surface area contributed by atoms with Gasteiger partial charge in [-0.25, -0.2) is 0 Å². The van der Waals surface area contributed by atoms with E-state index in [0.717, 1.165) is 11.1 Å². The van der Waals surface area contributed by atoms with E-state index in [2.05, 4.69) is 10.2 Å². The Hall–Kier alpha value is -2.66. The summed E-state index contributed by atoms with van der Waals surface area (Å²) < 4.78 is 0. The molecule has 1 aliphatic heterocycles. The molecule has 0 saturated carbocycles. The maximum atomic E-state index is 12.7. The number of nitrogens with one attached hydrogen (secondary N) is 1. The van der Waals surface area contributed by atoms with Crippen LogP contribution in [0.1, 0.15) is 36.6 Å². The second-order valence-electron chi connectivity index (χ2n) is 7.90. The van der Waals surface area contributed by atoms with Crippen LogP contribution in [0.4, 0.5) is 0 Å². The summed E-state index contributed by atoms with van der Waals surface area (Å²) in [6.45, 7) is 8.75. The Morgan fingerprint density at radius 2 is 1.55 bits per heavy atom. The summed E-state index contributed by atoms with van der Waals surface area (Å²) in [5.41, 5.74) is 3.34. The van der Waals surface area contributed by atoms with Gasteiger partial charge in [0, 0.05) is 26.2 Å². The summed E-state index contributed by atoms with van der Waals surface area (Å²) >= 11 is 0. The van der Waals surface area contributed by atoms with E-state index in [1.807, 2.05) is 80.3 Å². The molecule has 2 aromatic carbocycles. The van der Waals surface area contributed by atoms with Crippen LogP contribution in [0.2, 0.25) is 0 Å². The first-order valence-corrected chi connectivity index (χ1v) is 10.4. The molecular formula is C24H31N3O2. The van der Waals surface area contributed by atoms with Crippen molar-refractivity contribution in [3.8, 4) is 0 Å². The Morgan fingerprint density at radius 1 is 0.931 bits per heavy atom. The van der Waals surface area contributed by atoms with Gasteiger partial charge in [-0.3, -0.25) is 14.5 Å².